The van der Waals surface area contributed by atoms with Crippen molar-refractivity contribution in [3.63, 3.8) is 0 Å². The van der Waals surface area contributed by atoms with Crippen LogP contribution >= 0.6 is 12.2 Å². The van der Waals surface area contributed by atoms with E-state index >= 15 is 0 Å². The van der Waals surface area contributed by atoms with Crippen molar-refractivity contribution >= 4 is 23.1 Å². The Bertz CT molecular complexity index is 328. The molecule has 2 rings (SSSR count). The maximum absolute atomic E-state index is 11.7. The molecule has 2 fully saturated rings. The number of hydrogen-bond donors (Lipinski definition) is 2. The number of likely N-dealkylation sites (N-methyl/N-ethyl adjacent to an activating group) is 1. The SMILES string of the molecule is CNC(=O)C1CCCN1CC1(CC(N)=S)CC1. The molecule has 1 aliphatic carbocycles. The Labute approximate surface area is 108 Å². The van der Waals surface area contributed by atoms with Gasteiger partial charge in [-0.3, -0.25) is 9.69 Å². The van der Waals surface area contributed by atoms with E-state index in [-0.39, 0.29) is 17.4 Å². The van der Waals surface area contributed by atoms with E-state index in [2.05, 4.69) is 10.2 Å². The van der Waals surface area contributed by atoms with Crippen LogP contribution in [0.1, 0.15) is 32.1 Å². The molecule has 1 amide bonds. The molecule has 1 heterocycles. The van der Waals surface area contributed by atoms with Gasteiger partial charge in [0.1, 0.15) is 0 Å². The van der Waals surface area contributed by atoms with Crippen molar-refractivity contribution in [1.82, 2.24) is 10.2 Å². The van der Waals surface area contributed by atoms with Gasteiger partial charge < -0.3 is 11.1 Å². The molecule has 1 saturated heterocycles. The fourth-order valence-electron chi connectivity index (χ4n) is 2.85. The van der Waals surface area contributed by atoms with Gasteiger partial charge in [-0.05, 0) is 37.6 Å². The van der Waals surface area contributed by atoms with E-state index in [0.717, 1.165) is 32.4 Å². The molecule has 0 aromatic rings. The van der Waals surface area contributed by atoms with Crippen LogP contribution in [0.3, 0.4) is 0 Å². The highest BCUT2D eigenvalue weighted by atomic mass is 32.1. The van der Waals surface area contributed by atoms with Gasteiger partial charge in [-0.25, -0.2) is 0 Å². The molecule has 3 N–H and O–H groups in total. The van der Waals surface area contributed by atoms with Crippen LogP contribution in [0.15, 0.2) is 0 Å². The molecule has 4 nitrogen and oxygen atoms in total. The first-order chi connectivity index (χ1) is 8.06. The van der Waals surface area contributed by atoms with Crippen molar-refractivity contribution in [3.8, 4) is 0 Å². The molecule has 2 aliphatic rings. The van der Waals surface area contributed by atoms with Crippen LogP contribution in [0.25, 0.3) is 0 Å². The second-order valence-corrected chi connectivity index (χ2v) is 5.91. The van der Waals surface area contributed by atoms with Gasteiger partial charge in [-0.2, -0.15) is 0 Å². The van der Waals surface area contributed by atoms with Gasteiger partial charge in [0.15, 0.2) is 0 Å². The molecule has 1 atom stereocenters. The Morgan fingerprint density at radius 1 is 1.59 bits per heavy atom. The third kappa shape index (κ3) is 2.96. The molecule has 0 radical (unpaired) electrons. The van der Waals surface area contributed by atoms with E-state index in [4.69, 9.17) is 18.0 Å². The fraction of sp³-hybridized carbons (Fsp3) is 0.833. The Morgan fingerprint density at radius 2 is 2.29 bits per heavy atom. The minimum absolute atomic E-state index is 0.0591. The number of nitrogens with two attached hydrogens (primary N) is 1. The summed E-state index contributed by atoms with van der Waals surface area (Å²) in [4.78, 5) is 14.7. The quantitative estimate of drug-likeness (QED) is 0.708. The lowest BCUT2D eigenvalue weighted by Crippen LogP contribution is -2.44. The maximum atomic E-state index is 11.7. The van der Waals surface area contributed by atoms with Crippen LogP contribution < -0.4 is 11.1 Å². The molecular weight excluding hydrogens is 234 g/mol. The molecule has 17 heavy (non-hydrogen) atoms. The Kier molecular flexibility index (Phi) is 3.68. The van der Waals surface area contributed by atoms with Crippen LogP contribution in [0.4, 0.5) is 0 Å². The van der Waals surface area contributed by atoms with Crippen LogP contribution in [-0.4, -0.2) is 42.0 Å². The van der Waals surface area contributed by atoms with Gasteiger partial charge >= 0.3 is 0 Å². The first kappa shape index (κ1) is 12.8. The van der Waals surface area contributed by atoms with Gasteiger partial charge in [-0.1, -0.05) is 12.2 Å². The number of hydrogen-bond acceptors (Lipinski definition) is 3. The van der Waals surface area contributed by atoms with E-state index in [1.807, 2.05) is 0 Å². The fourth-order valence-corrected chi connectivity index (χ4v) is 3.15. The lowest BCUT2D eigenvalue weighted by atomic mass is 10.0. The number of likely N-dealkylation sites (tertiary alicyclic amines) is 1. The molecule has 0 bridgehead atoms. The van der Waals surface area contributed by atoms with Gasteiger partial charge in [0, 0.05) is 20.0 Å². The number of amides is 1. The molecular formula is C12H21N3OS. The number of carbonyl (C=O) groups excluding carboxylic acids is 1. The average Bonchev–Trinajstić information content (AvgIpc) is 2.85. The van der Waals surface area contributed by atoms with Crippen LogP contribution in [0.5, 0.6) is 0 Å². The highest BCUT2D eigenvalue weighted by Crippen LogP contribution is 2.50. The summed E-state index contributed by atoms with van der Waals surface area (Å²) in [5.41, 5.74) is 5.93. The largest absolute Gasteiger partial charge is 0.393 e. The van der Waals surface area contributed by atoms with Crippen molar-refractivity contribution in [2.24, 2.45) is 11.1 Å². The number of thiocarbonyl (C=S) groups is 1. The monoisotopic (exact) mass is 255 g/mol. The lowest BCUT2D eigenvalue weighted by Gasteiger charge is -2.27. The van der Waals surface area contributed by atoms with Crippen LogP contribution in [0.2, 0.25) is 0 Å². The van der Waals surface area contributed by atoms with E-state index in [9.17, 15) is 4.79 Å². The highest BCUT2D eigenvalue weighted by molar-refractivity contribution is 7.80. The number of carbonyl (C=O) groups is 1. The predicted octanol–water partition coefficient (Wildman–Crippen LogP) is 0.653. The molecule has 0 spiro atoms. The smallest absolute Gasteiger partial charge is 0.237 e. The summed E-state index contributed by atoms with van der Waals surface area (Å²) in [6, 6.07) is 0.0591. The second kappa shape index (κ2) is 4.90. The van der Waals surface area contributed by atoms with Crippen molar-refractivity contribution in [1.29, 1.82) is 0 Å². The molecule has 0 aromatic heterocycles. The topological polar surface area (TPSA) is 58.4 Å². The Balaban J connectivity index is 1.94. The highest BCUT2D eigenvalue weighted by Gasteiger charge is 2.46. The lowest BCUT2D eigenvalue weighted by molar-refractivity contribution is -0.125. The van der Waals surface area contributed by atoms with Crippen molar-refractivity contribution in [2.45, 2.75) is 38.1 Å². The third-order valence-corrected chi connectivity index (χ3v) is 4.10. The zero-order valence-corrected chi connectivity index (χ0v) is 11.2. The Morgan fingerprint density at radius 3 is 2.82 bits per heavy atom. The maximum Gasteiger partial charge on any atom is 0.237 e. The summed E-state index contributed by atoms with van der Waals surface area (Å²) in [5.74, 6) is 0.147. The summed E-state index contributed by atoms with van der Waals surface area (Å²) >= 11 is 5.01. The normalized spacial score (nSPS) is 26.8. The molecule has 1 saturated carbocycles. The summed E-state index contributed by atoms with van der Waals surface area (Å²) in [6.07, 6.45) is 5.31. The first-order valence-corrected chi connectivity index (χ1v) is 6.71. The standard InChI is InChI=1S/C12H21N3OS/c1-14-11(16)9-3-2-6-15(9)8-12(4-5-12)7-10(13)17/h9H,2-8H2,1H3,(H2,13,17)(H,14,16). The van der Waals surface area contributed by atoms with E-state index < -0.39 is 0 Å². The van der Waals surface area contributed by atoms with Crippen LogP contribution in [0, 0.1) is 5.41 Å². The van der Waals surface area contributed by atoms with Crippen molar-refractivity contribution in [2.75, 3.05) is 20.1 Å². The van der Waals surface area contributed by atoms with Gasteiger partial charge in [0.25, 0.3) is 0 Å². The minimum atomic E-state index is 0.0591. The summed E-state index contributed by atoms with van der Waals surface area (Å²) in [6.45, 7) is 2.00. The van der Waals surface area contributed by atoms with Crippen molar-refractivity contribution in [3.05, 3.63) is 0 Å². The summed E-state index contributed by atoms with van der Waals surface area (Å²) in [5, 5.41) is 2.75. The number of rotatable bonds is 5. The zero-order valence-electron chi connectivity index (χ0n) is 10.4. The van der Waals surface area contributed by atoms with Crippen LogP contribution in [-0.2, 0) is 4.79 Å². The molecule has 1 unspecified atom stereocenters. The molecule has 96 valence electrons. The first-order valence-electron chi connectivity index (χ1n) is 6.30. The molecule has 1 aliphatic heterocycles. The average molecular weight is 255 g/mol. The van der Waals surface area contributed by atoms with Crippen molar-refractivity contribution < 1.29 is 4.79 Å². The predicted molar refractivity (Wildman–Crippen MR) is 71.7 cm³/mol. The third-order valence-electron chi connectivity index (χ3n) is 3.96. The van der Waals surface area contributed by atoms with E-state index in [1.54, 1.807) is 7.05 Å². The summed E-state index contributed by atoms with van der Waals surface area (Å²) in [7, 11) is 1.71. The summed E-state index contributed by atoms with van der Waals surface area (Å²) < 4.78 is 0. The van der Waals surface area contributed by atoms with Gasteiger partial charge in [-0.15, -0.1) is 0 Å². The minimum Gasteiger partial charge on any atom is -0.393 e. The second-order valence-electron chi connectivity index (χ2n) is 5.39. The van der Waals surface area contributed by atoms with E-state index in [1.165, 1.54) is 12.8 Å². The number of nitrogens with zero attached hydrogens (tertiary/aromatic N) is 1. The van der Waals surface area contributed by atoms with Gasteiger partial charge in [0.05, 0.1) is 11.0 Å². The number of nitrogens with one attached hydrogen (secondary N) is 1. The van der Waals surface area contributed by atoms with Gasteiger partial charge in [0.2, 0.25) is 5.91 Å². The zero-order chi connectivity index (χ0) is 12.5. The molecule has 5 heteroatoms. The molecule has 0 aromatic carbocycles. The Hall–Kier alpha value is -0.680. The van der Waals surface area contributed by atoms with E-state index in [0.29, 0.717) is 4.99 Å².